The first-order chi connectivity index (χ1) is 10.3. The molecule has 0 bridgehead atoms. The fourth-order valence-electron chi connectivity index (χ4n) is 2.42. The molecular formula is C17H17NO3. The van der Waals surface area contributed by atoms with Gasteiger partial charge in [-0.2, -0.15) is 0 Å². The molecule has 1 fully saturated rings. The Labute approximate surface area is 123 Å². The summed E-state index contributed by atoms with van der Waals surface area (Å²) in [6, 6.07) is 16.7. The maximum atomic E-state index is 12.5. The van der Waals surface area contributed by atoms with Gasteiger partial charge in [-0.1, -0.05) is 42.5 Å². The van der Waals surface area contributed by atoms with Gasteiger partial charge in [0.2, 0.25) is 0 Å². The van der Waals surface area contributed by atoms with Crippen molar-refractivity contribution in [2.24, 2.45) is 0 Å². The highest BCUT2D eigenvalue weighted by atomic mass is 16.5. The molecule has 108 valence electrons. The number of hydrogen-bond donors (Lipinski definition) is 1. The molecule has 0 aliphatic carbocycles. The second-order valence-electron chi connectivity index (χ2n) is 4.94. The highest BCUT2D eigenvalue weighted by molar-refractivity contribution is 6.00. The SMILES string of the molecule is COc1cccc(C(=O)C2COC(c3ccccc3)N2)c1. The van der Waals surface area contributed by atoms with E-state index in [0.29, 0.717) is 17.9 Å². The number of Topliss-reactive ketones (excluding diaryl/α,β-unsaturated/α-hetero) is 1. The van der Waals surface area contributed by atoms with E-state index in [0.717, 1.165) is 5.56 Å². The normalized spacial score (nSPS) is 21.2. The summed E-state index contributed by atoms with van der Waals surface area (Å²) in [5.74, 6) is 0.701. The minimum atomic E-state index is -0.331. The van der Waals surface area contributed by atoms with Gasteiger partial charge in [-0.15, -0.1) is 0 Å². The molecule has 2 atom stereocenters. The first-order valence-electron chi connectivity index (χ1n) is 6.89. The summed E-state index contributed by atoms with van der Waals surface area (Å²) in [4.78, 5) is 12.5. The van der Waals surface area contributed by atoms with Crippen molar-refractivity contribution in [2.45, 2.75) is 12.3 Å². The second-order valence-corrected chi connectivity index (χ2v) is 4.94. The third-order valence-corrected chi connectivity index (χ3v) is 3.56. The Bertz CT molecular complexity index is 627. The van der Waals surface area contributed by atoms with E-state index in [9.17, 15) is 4.79 Å². The second kappa shape index (κ2) is 6.08. The quantitative estimate of drug-likeness (QED) is 0.876. The van der Waals surface area contributed by atoms with Crippen LogP contribution >= 0.6 is 0 Å². The van der Waals surface area contributed by atoms with E-state index in [1.165, 1.54) is 0 Å². The standard InChI is InChI=1S/C17H17NO3/c1-20-14-9-5-8-13(10-14)16(19)15-11-21-17(18-15)12-6-3-2-4-7-12/h2-10,15,17-18H,11H2,1H3. The topological polar surface area (TPSA) is 47.6 Å². The summed E-state index contributed by atoms with van der Waals surface area (Å²) >= 11 is 0. The Kier molecular flexibility index (Phi) is 3.99. The Balaban J connectivity index is 1.72. The van der Waals surface area contributed by atoms with Crippen molar-refractivity contribution in [3.63, 3.8) is 0 Å². The number of carbonyl (C=O) groups is 1. The van der Waals surface area contributed by atoms with Gasteiger partial charge in [-0.05, 0) is 17.7 Å². The lowest BCUT2D eigenvalue weighted by Gasteiger charge is -2.12. The van der Waals surface area contributed by atoms with E-state index in [4.69, 9.17) is 9.47 Å². The van der Waals surface area contributed by atoms with E-state index in [-0.39, 0.29) is 18.1 Å². The first kappa shape index (κ1) is 13.8. The van der Waals surface area contributed by atoms with E-state index in [1.807, 2.05) is 42.5 Å². The number of carbonyl (C=O) groups excluding carboxylic acids is 1. The predicted octanol–water partition coefficient (Wildman–Crippen LogP) is 2.57. The van der Waals surface area contributed by atoms with Crippen LogP contribution in [0.2, 0.25) is 0 Å². The zero-order valence-electron chi connectivity index (χ0n) is 11.8. The van der Waals surface area contributed by atoms with Crippen molar-refractivity contribution in [3.05, 3.63) is 65.7 Å². The lowest BCUT2D eigenvalue weighted by atomic mass is 10.0. The van der Waals surface area contributed by atoms with Gasteiger partial charge in [0.15, 0.2) is 5.78 Å². The van der Waals surface area contributed by atoms with Crippen molar-refractivity contribution in [2.75, 3.05) is 13.7 Å². The van der Waals surface area contributed by atoms with Gasteiger partial charge in [0.25, 0.3) is 0 Å². The average molecular weight is 283 g/mol. The fourth-order valence-corrected chi connectivity index (χ4v) is 2.42. The zero-order chi connectivity index (χ0) is 14.7. The summed E-state index contributed by atoms with van der Waals surface area (Å²) in [7, 11) is 1.59. The van der Waals surface area contributed by atoms with E-state index < -0.39 is 0 Å². The third-order valence-electron chi connectivity index (χ3n) is 3.56. The summed E-state index contributed by atoms with van der Waals surface area (Å²) in [5, 5.41) is 3.23. The molecule has 1 heterocycles. The molecule has 4 heteroatoms. The number of ether oxygens (including phenoxy) is 2. The van der Waals surface area contributed by atoms with Crippen molar-refractivity contribution >= 4 is 5.78 Å². The van der Waals surface area contributed by atoms with Crippen LogP contribution in [0.3, 0.4) is 0 Å². The van der Waals surface area contributed by atoms with Gasteiger partial charge in [0, 0.05) is 5.56 Å². The van der Waals surface area contributed by atoms with Crippen molar-refractivity contribution in [1.82, 2.24) is 5.32 Å². The van der Waals surface area contributed by atoms with Crippen LogP contribution < -0.4 is 10.1 Å². The van der Waals surface area contributed by atoms with Crippen LogP contribution in [-0.2, 0) is 4.74 Å². The molecular weight excluding hydrogens is 266 g/mol. The molecule has 21 heavy (non-hydrogen) atoms. The molecule has 1 saturated heterocycles. The minimum Gasteiger partial charge on any atom is -0.497 e. The summed E-state index contributed by atoms with van der Waals surface area (Å²) in [6.45, 7) is 0.371. The monoisotopic (exact) mass is 283 g/mol. The number of rotatable bonds is 4. The molecule has 1 aliphatic heterocycles. The molecule has 2 aromatic rings. The van der Waals surface area contributed by atoms with Crippen LogP contribution in [0.4, 0.5) is 0 Å². The van der Waals surface area contributed by atoms with Crippen molar-refractivity contribution in [1.29, 1.82) is 0 Å². The van der Waals surface area contributed by atoms with Gasteiger partial charge in [-0.25, -0.2) is 0 Å². The molecule has 0 aromatic heterocycles. The molecule has 0 radical (unpaired) electrons. The Morgan fingerprint density at radius 1 is 1.19 bits per heavy atom. The molecule has 1 aliphatic rings. The third kappa shape index (κ3) is 2.96. The summed E-state index contributed by atoms with van der Waals surface area (Å²) in [6.07, 6.45) is -0.231. The van der Waals surface area contributed by atoms with Crippen LogP contribution in [-0.4, -0.2) is 25.5 Å². The van der Waals surface area contributed by atoms with E-state index >= 15 is 0 Å². The van der Waals surface area contributed by atoms with Crippen LogP contribution in [0, 0.1) is 0 Å². The first-order valence-corrected chi connectivity index (χ1v) is 6.89. The molecule has 0 saturated carbocycles. The number of hydrogen-bond acceptors (Lipinski definition) is 4. The van der Waals surface area contributed by atoms with Crippen LogP contribution in [0.5, 0.6) is 5.75 Å². The molecule has 3 rings (SSSR count). The van der Waals surface area contributed by atoms with Gasteiger partial charge in [-0.3, -0.25) is 10.1 Å². The van der Waals surface area contributed by atoms with Gasteiger partial charge >= 0.3 is 0 Å². The Morgan fingerprint density at radius 2 is 2.00 bits per heavy atom. The van der Waals surface area contributed by atoms with E-state index in [1.54, 1.807) is 19.2 Å². The van der Waals surface area contributed by atoms with Gasteiger partial charge in [0.1, 0.15) is 12.0 Å². The lowest BCUT2D eigenvalue weighted by molar-refractivity contribution is 0.0908. The summed E-state index contributed by atoms with van der Waals surface area (Å²) < 4.78 is 10.8. The number of methoxy groups -OCH3 is 1. The maximum Gasteiger partial charge on any atom is 0.182 e. The average Bonchev–Trinajstić information content (AvgIpc) is 3.05. The molecule has 0 spiro atoms. The number of nitrogens with one attached hydrogen (secondary N) is 1. The highest BCUT2D eigenvalue weighted by Gasteiger charge is 2.31. The molecule has 2 unspecified atom stereocenters. The van der Waals surface area contributed by atoms with Crippen LogP contribution in [0.1, 0.15) is 22.1 Å². The van der Waals surface area contributed by atoms with Crippen LogP contribution in [0.15, 0.2) is 54.6 Å². The Hall–Kier alpha value is -2.17. The smallest absolute Gasteiger partial charge is 0.182 e. The van der Waals surface area contributed by atoms with Gasteiger partial charge in [0.05, 0.1) is 19.8 Å². The van der Waals surface area contributed by atoms with Gasteiger partial charge < -0.3 is 9.47 Å². The number of benzene rings is 2. The van der Waals surface area contributed by atoms with Crippen LogP contribution in [0.25, 0.3) is 0 Å². The van der Waals surface area contributed by atoms with E-state index in [2.05, 4.69) is 5.32 Å². The van der Waals surface area contributed by atoms with Crippen molar-refractivity contribution < 1.29 is 14.3 Å². The number of ketones is 1. The minimum absolute atomic E-state index is 0.0207. The molecule has 1 N–H and O–H groups in total. The lowest BCUT2D eigenvalue weighted by Crippen LogP contribution is -2.34. The molecule has 0 amide bonds. The Morgan fingerprint density at radius 3 is 2.76 bits per heavy atom. The van der Waals surface area contributed by atoms with Crippen molar-refractivity contribution in [3.8, 4) is 5.75 Å². The molecule has 2 aromatic carbocycles. The fraction of sp³-hybridized carbons (Fsp3) is 0.235. The maximum absolute atomic E-state index is 12.5. The zero-order valence-corrected chi connectivity index (χ0v) is 11.8. The largest absolute Gasteiger partial charge is 0.497 e. The summed E-state index contributed by atoms with van der Waals surface area (Å²) in [5.41, 5.74) is 1.66. The predicted molar refractivity (Wildman–Crippen MR) is 79.4 cm³/mol. The highest BCUT2D eigenvalue weighted by Crippen LogP contribution is 2.23. The molecule has 4 nitrogen and oxygen atoms in total.